The number of methoxy groups -OCH3 is 1. The molecule has 2 aliphatic heterocycles. The number of ether oxygens (including phenoxy) is 3. The summed E-state index contributed by atoms with van der Waals surface area (Å²) in [6.07, 6.45) is 1.81. The van der Waals surface area contributed by atoms with E-state index in [4.69, 9.17) is 24.1 Å². The van der Waals surface area contributed by atoms with Crippen LogP contribution in [0.25, 0.3) is 0 Å². The van der Waals surface area contributed by atoms with Gasteiger partial charge in [-0.2, -0.15) is 13.2 Å². The fourth-order valence-electron chi connectivity index (χ4n) is 3.78. The maximum absolute atomic E-state index is 10.6. The van der Waals surface area contributed by atoms with Crippen molar-refractivity contribution in [3.63, 3.8) is 0 Å². The third kappa shape index (κ3) is 6.30. The van der Waals surface area contributed by atoms with Crippen LogP contribution >= 0.6 is 0 Å². The van der Waals surface area contributed by atoms with Gasteiger partial charge in [-0.1, -0.05) is 18.2 Å². The van der Waals surface area contributed by atoms with Gasteiger partial charge in [0.1, 0.15) is 11.9 Å². The molecule has 0 radical (unpaired) electrons. The summed E-state index contributed by atoms with van der Waals surface area (Å²) < 4.78 is 49.3. The Labute approximate surface area is 182 Å². The first kappa shape index (κ1) is 23.7. The highest BCUT2D eigenvalue weighted by atomic mass is 19.4. The minimum Gasteiger partial charge on any atom is -0.496 e. The van der Waals surface area contributed by atoms with E-state index in [0.29, 0.717) is 5.88 Å². The van der Waals surface area contributed by atoms with Gasteiger partial charge in [0, 0.05) is 50.4 Å². The van der Waals surface area contributed by atoms with Crippen molar-refractivity contribution in [3.05, 3.63) is 48.4 Å². The predicted molar refractivity (Wildman–Crippen MR) is 106 cm³/mol. The predicted octanol–water partition coefficient (Wildman–Crippen LogP) is 2.93. The lowest BCUT2D eigenvalue weighted by atomic mass is 9.84. The second-order valence-corrected chi connectivity index (χ2v) is 7.57. The van der Waals surface area contributed by atoms with Crippen molar-refractivity contribution in [1.29, 1.82) is 0 Å². The molecule has 11 heteroatoms. The molecule has 1 spiro atoms. The molecule has 2 saturated heterocycles. The maximum Gasteiger partial charge on any atom is 0.490 e. The number of aliphatic carboxylic acids is 1. The van der Waals surface area contributed by atoms with Crippen molar-refractivity contribution in [2.45, 2.75) is 37.3 Å². The molecule has 1 N–H and O–H groups in total. The zero-order chi connectivity index (χ0) is 23.2. The summed E-state index contributed by atoms with van der Waals surface area (Å²) in [7, 11) is 1.72. The van der Waals surface area contributed by atoms with Crippen LogP contribution in [-0.4, -0.2) is 70.6 Å². The van der Waals surface area contributed by atoms with Gasteiger partial charge < -0.3 is 19.3 Å². The van der Waals surface area contributed by atoms with E-state index in [1.165, 1.54) is 5.56 Å². The first-order valence-electron chi connectivity index (χ1n) is 9.92. The van der Waals surface area contributed by atoms with E-state index in [1.54, 1.807) is 25.7 Å². The molecule has 1 aromatic heterocycles. The molecule has 1 atom stereocenters. The van der Waals surface area contributed by atoms with Crippen LogP contribution in [0.3, 0.4) is 0 Å². The quantitative estimate of drug-likeness (QED) is 0.736. The van der Waals surface area contributed by atoms with E-state index in [0.717, 1.165) is 44.8 Å². The standard InChI is InChI=1S/C19H23N3O3.C2HF3O2/c1-23-17-5-3-2-4-15(17)12-22-13-19(14-22)10-16(6-9-24-19)25-18-11-20-7-8-21-18;3-2(4,5)1(6)7/h2-5,7-8,11,16H,6,9-10,12-14H2,1H3;(H,6,7). The Morgan fingerprint density at radius 1 is 1.31 bits per heavy atom. The van der Waals surface area contributed by atoms with Crippen LogP contribution in [0, 0.1) is 0 Å². The second-order valence-electron chi connectivity index (χ2n) is 7.57. The number of hydrogen-bond acceptors (Lipinski definition) is 7. The monoisotopic (exact) mass is 455 g/mol. The summed E-state index contributed by atoms with van der Waals surface area (Å²) >= 11 is 0. The SMILES string of the molecule is COc1ccccc1CN1CC2(CC(Oc3cnccn3)CCO2)C1.O=C(O)C(F)(F)F. The number of rotatable bonds is 5. The highest BCUT2D eigenvalue weighted by molar-refractivity contribution is 5.73. The highest BCUT2D eigenvalue weighted by Crippen LogP contribution is 2.37. The molecule has 0 bridgehead atoms. The lowest BCUT2D eigenvalue weighted by Crippen LogP contribution is -2.65. The minimum atomic E-state index is -5.08. The van der Waals surface area contributed by atoms with Gasteiger partial charge in [0.25, 0.3) is 0 Å². The molecule has 3 heterocycles. The summed E-state index contributed by atoms with van der Waals surface area (Å²) in [5, 5.41) is 7.12. The van der Waals surface area contributed by atoms with Crippen molar-refractivity contribution in [3.8, 4) is 11.6 Å². The van der Waals surface area contributed by atoms with Crippen LogP contribution in [0.2, 0.25) is 0 Å². The Balaban J connectivity index is 0.000000360. The molecular formula is C21H24F3N3O5. The molecule has 0 aliphatic carbocycles. The van der Waals surface area contributed by atoms with E-state index in [1.807, 2.05) is 12.1 Å². The number of carboxylic acids is 1. The maximum atomic E-state index is 10.6. The van der Waals surface area contributed by atoms with Crippen LogP contribution in [0.5, 0.6) is 11.6 Å². The number of benzene rings is 1. The van der Waals surface area contributed by atoms with Crippen molar-refractivity contribution in [1.82, 2.24) is 14.9 Å². The molecule has 2 aromatic rings. The number of alkyl halides is 3. The molecule has 0 amide bonds. The molecule has 8 nitrogen and oxygen atoms in total. The fraction of sp³-hybridized carbons (Fsp3) is 0.476. The van der Waals surface area contributed by atoms with E-state index < -0.39 is 12.1 Å². The molecule has 2 aliphatic rings. The third-order valence-electron chi connectivity index (χ3n) is 5.13. The molecule has 1 unspecified atom stereocenters. The highest BCUT2D eigenvalue weighted by Gasteiger charge is 2.48. The summed E-state index contributed by atoms with van der Waals surface area (Å²) in [5.41, 5.74) is 1.12. The van der Waals surface area contributed by atoms with Crippen LogP contribution in [0.4, 0.5) is 13.2 Å². The first-order chi connectivity index (χ1) is 15.2. The largest absolute Gasteiger partial charge is 0.496 e. The minimum absolute atomic E-state index is 0.0901. The number of nitrogens with zero attached hydrogens (tertiary/aromatic N) is 3. The van der Waals surface area contributed by atoms with Gasteiger partial charge in [0.15, 0.2) is 0 Å². The van der Waals surface area contributed by atoms with Crippen molar-refractivity contribution < 1.29 is 37.3 Å². The van der Waals surface area contributed by atoms with Gasteiger partial charge in [0.2, 0.25) is 5.88 Å². The Morgan fingerprint density at radius 3 is 2.66 bits per heavy atom. The third-order valence-corrected chi connectivity index (χ3v) is 5.13. The van der Waals surface area contributed by atoms with Gasteiger partial charge in [-0.05, 0) is 6.07 Å². The number of halogens is 3. The first-order valence-corrected chi connectivity index (χ1v) is 9.92. The number of likely N-dealkylation sites (tertiary alicyclic amines) is 1. The van der Waals surface area contributed by atoms with E-state index in [-0.39, 0.29) is 11.7 Å². The lowest BCUT2D eigenvalue weighted by molar-refractivity contribution is -0.192. The Morgan fingerprint density at radius 2 is 2.03 bits per heavy atom. The molecule has 0 saturated carbocycles. The number of carbonyl (C=O) groups is 1. The van der Waals surface area contributed by atoms with Gasteiger partial charge in [-0.25, -0.2) is 9.78 Å². The lowest BCUT2D eigenvalue weighted by Gasteiger charge is -2.53. The summed E-state index contributed by atoms with van der Waals surface area (Å²) in [6.45, 7) is 3.45. The Bertz CT molecular complexity index is 892. The molecule has 32 heavy (non-hydrogen) atoms. The summed E-state index contributed by atoms with van der Waals surface area (Å²) in [5.74, 6) is -1.22. The van der Waals surface area contributed by atoms with E-state index in [2.05, 4.69) is 27.0 Å². The van der Waals surface area contributed by atoms with Crippen molar-refractivity contribution in [2.75, 3.05) is 26.8 Å². The zero-order valence-corrected chi connectivity index (χ0v) is 17.4. The van der Waals surface area contributed by atoms with Crippen LogP contribution in [0.15, 0.2) is 42.9 Å². The van der Waals surface area contributed by atoms with Crippen molar-refractivity contribution in [2.24, 2.45) is 0 Å². The number of para-hydroxylation sites is 1. The average molecular weight is 455 g/mol. The fourth-order valence-corrected chi connectivity index (χ4v) is 3.78. The number of carboxylic acid groups (broad SMARTS) is 1. The van der Waals surface area contributed by atoms with Crippen LogP contribution in [0.1, 0.15) is 18.4 Å². The normalized spacial score (nSPS) is 19.9. The van der Waals surface area contributed by atoms with E-state index >= 15 is 0 Å². The van der Waals surface area contributed by atoms with Crippen molar-refractivity contribution >= 4 is 5.97 Å². The molecule has 1 aromatic carbocycles. The van der Waals surface area contributed by atoms with Gasteiger partial charge in [-0.15, -0.1) is 0 Å². The topological polar surface area (TPSA) is 94.0 Å². The molecule has 4 rings (SSSR count). The zero-order valence-electron chi connectivity index (χ0n) is 17.4. The summed E-state index contributed by atoms with van der Waals surface area (Å²) in [4.78, 5) is 19.5. The second kappa shape index (κ2) is 10.1. The summed E-state index contributed by atoms with van der Waals surface area (Å²) in [6, 6.07) is 8.17. The molecule has 174 valence electrons. The number of aromatic nitrogens is 2. The average Bonchev–Trinajstić information content (AvgIpc) is 2.74. The van der Waals surface area contributed by atoms with Gasteiger partial charge >= 0.3 is 12.1 Å². The molecular weight excluding hydrogens is 431 g/mol. The Hall–Kier alpha value is -2.92. The van der Waals surface area contributed by atoms with Gasteiger partial charge in [-0.3, -0.25) is 9.88 Å². The molecule has 2 fully saturated rings. The Kier molecular flexibility index (Phi) is 7.52. The van der Waals surface area contributed by atoms with Crippen LogP contribution in [-0.2, 0) is 16.1 Å². The number of hydrogen-bond donors (Lipinski definition) is 1. The smallest absolute Gasteiger partial charge is 0.490 e. The van der Waals surface area contributed by atoms with Crippen LogP contribution < -0.4 is 9.47 Å². The van der Waals surface area contributed by atoms with Gasteiger partial charge in [0.05, 0.1) is 25.5 Å². The van der Waals surface area contributed by atoms with E-state index in [9.17, 15) is 13.2 Å².